The molecule has 21 heavy (non-hydrogen) atoms. The van der Waals surface area contributed by atoms with Crippen LogP contribution in [0, 0.1) is 5.92 Å². The third-order valence-electron chi connectivity index (χ3n) is 3.93. The van der Waals surface area contributed by atoms with Crippen LogP contribution in [0.1, 0.15) is 23.2 Å². The van der Waals surface area contributed by atoms with Crippen molar-refractivity contribution in [3.8, 4) is 0 Å². The Labute approximate surface area is 123 Å². The van der Waals surface area contributed by atoms with Gasteiger partial charge in [0, 0.05) is 31.3 Å². The molecule has 2 aromatic rings. The highest BCUT2D eigenvalue weighted by molar-refractivity contribution is 6.08. The van der Waals surface area contributed by atoms with E-state index >= 15 is 0 Å². The van der Waals surface area contributed by atoms with Crippen molar-refractivity contribution in [2.45, 2.75) is 12.8 Å². The number of ether oxygens (including phenoxy) is 1. The van der Waals surface area contributed by atoms with Crippen LogP contribution in [-0.2, 0) is 4.74 Å². The second-order valence-electron chi connectivity index (χ2n) is 5.38. The number of carbonyl (C=O) groups excluding carboxylic acids is 1. The summed E-state index contributed by atoms with van der Waals surface area (Å²) in [5, 5.41) is 4.62. The summed E-state index contributed by atoms with van der Waals surface area (Å²) in [5.74, 6) is 0.912. The number of nitrogen functional groups attached to an aromatic ring is 1. The number of fused-ring (bicyclic) bond motifs is 1. The van der Waals surface area contributed by atoms with Gasteiger partial charge < -0.3 is 15.8 Å². The zero-order chi connectivity index (χ0) is 14.7. The maximum Gasteiger partial charge on any atom is 0.253 e. The Kier molecular flexibility index (Phi) is 4.01. The molecule has 1 saturated heterocycles. The topological polar surface area (TPSA) is 77.2 Å². The molecule has 110 valence electrons. The fourth-order valence-corrected chi connectivity index (χ4v) is 2.69. The predicted octanol–water partition coefficient (Wildman–Crippen LogP) is 1.97. The highest BCUT2D eigenvalue weighted by atomic mass is 16.5. The van der Waals surface area contributed by atoms with Gasteiger partial charge in [-0.1, -0.05) is 24.3 Å². The fraction of sp³-hybridized carbons (Fsp3) is 0.375. The summed E-state index contributed by atoms with van der Waals surface area (Å²) < 4.78 is 5.33. The maximum atomic E-state index is 12.3. The van der Waals surface area contributed by atoms with Crippen molar-refractivity contribution >= 4 is 22.5 Å². The molecule has 0 saturated carbocycles. The lowest BCUT2D eigenvalue weighted by atomic mass is 10.0. The first kappa shape index (κ1) is 13.8. The minimum atomic E-state index is -0.0994. The summed E-state index contributed by atoms with van der Waals surface area (Å²) in [4.78, 5) is 16.4. The lowest BCUT2D eigenvalue weighted by Gasteiger charge is -2.11. The second-order valence-corrected chi connectivity index (χ2v) is 5.38. The first-order chi connectivity index (χ1) is 10.3. The Hall–Kier alpha value is -2.14. The van der Waals surface area contributed by atoms with E-state index in [9.17, 15) is 4.79 Å². The van der Waals surface area contributed by atoms with Gasteiger partial charge in [-0.2, -0.15) is 0 Å². The van der Waals surface area contributed by atoms with Crippen LogP contribution in [0.25, 0.3) is 10.8 Å². The van der Waals surface area contributed by atoms with E-state index in [0.717, 1.165) is 36.8 Å². The number of anilines is 1. The van der Waals surface area contributed by atoms with Crippen LogP contribution >= 0.6 is 0 Å². The van der Waals surface area contributed by atoms with Gasteiger partial charge in [-0.05, 0) is 24.1 Å². The quantitative estimate of drug-likeness (QED) is 0.900. The normalized spacial score (nSPS) is 18.0. The van der Waals surface area contributed by atoms with Crippen molar-refractivity contribution in [1.29, 1.82) is 0 Å². The van der Waals surface area contributed by atoms with Gasteiger partial charge in [-0.25, -0.2) is 4.98 Å². The van der Waals surface area contributed by atoms with Crippen LogP contribution in [0.15, 0.2) is 30.5 Å². The van der Waals surface area contributed by atoms with Gasteiger partial charge in [-0.3, -0.25) is 4.79 Å². The molecule has 2 heterocycles. The van der Waals surface area contributed by atoms with Crippen molar-refractivity contribution in [2.75, 3.05) is 25.5 Å². The molecule has 5 nitrogen and oxygen atoms in total. The Morgan fingerprint density at radius 1 is 1.38 bits per heavy atom. The number of nitrogens with two attached hydrogens (primary N) is 1. The molecule has 0 bridgehead atoms. The summed E-state index contributed by atoms with van der Waals surface area (Å²) in [5.41, 5.74) is 6.42. The molecule has 1 unspecified atom stereocenters. The molecule has 1 aliphatic rings. The van der Waals surface area contributed by atoms with Gasteiger partial charge in [0.05, 0.1) is 5.56 Å². The van der Waals surface area contributed by atoms with E-state index in [0.29, 0.717) is 23.8 Å². The van der Waals surface area contributed by atoms with Crippen molar-refractivity contribution in [2.24, 2.45) is 5.92 Å². The first-order valence-corrected chi connectivity index (χ1v) is 7.25. The second kappa shape index (κ2) is 6.10. The summed E-state index contributed by atoms with van der Waals surface area (Å²) in [6.45, 7) is 2.30. The number of pyridine rings is 1. The average molecular weight is 285 g/mol. The molecule has 3 N–H and O–H groups in total. The number of nitrogens with zero attached hydrogens (tertiary/aromatic N) is 1. The molecule has 1 fully saturated rings. The third kappa shape index (κ3) is 2.97. The number of rotatable bonds is 4. The monoisotopic (exact) mass is 285 g/mol. The van der Waals surface area contributed by atoms with Crippen LogP contribution in [0.3, 0.4) is 0 Å². The van der Waals surface area contributed by atoms with E-state index in [2.05, 4.69) is 10.3 Å². The molecule has 1 aliphatic heterocycles. The van der Waals surface area contributed by atoms with E-state index in [4.69, 9.17) is 10.5 Å². The van der Waals surface area contributed by atoms with Crippen molar-refractivity contribution in [1.82, 2.24) is 10.3 Å². The van der Waals surface area contributed by atoms with E-state index < -0.39 is 0 Å². The molecule has 1 aromatic heterocycles. The lowest BCUT2D eigenvalue weighted by Crippen LogP contribution is -2.26. The summed E-state index contributed by atoms with van der Waals surface area (Å²) >= 11 is 0. The molecule has 3 rings (SSSR count). The number of aromatic nitrogens is 1. The van der Waals surface area contributed by atoms with Gasteiger partial charge in [0.1, 0.15) is 5.82 Å². The largest absolute Gasteiger partial charge is 0.383 e. The average Bonchev–Trinajstić information content (AvgIpc) is 3.01. The zero-order valence-corrected chi connectivity index (χ0v) is 11.8. The standard InChI is InChI=1S/C16H19N3O2/c17-15-13-4-2-1-3-12(13)14(9-19-15)16(20)18-7-5-11-6-8-21-10-11/h1-4,9,11H,5-8,10H2,(H2,17,19)(H,18,20). The molecule has 1 atom stereocenters. The number of hydrogen-bond donors (Lipinski definition) is 2. The van der Waals surface area contributed by atoms with Crippen molar-refractivity contribution in [3.05, 3.63) is 36.0 Å². The molecule has 5 heteroatoms. The van der Waals surface area contributed by atoms with Crippen LogP contribution < -0.4 is 11.1 Å². The summed E-state index contributed by atoms with van der Waals surface area (Å²) in [7, 11) is 0. The Morgan fingerprint density at radius 3 is 2.95 bits per heavy atom. The minimum Gasteiger partial charge on any atom is -0.383 e. The SMILES string of the molecule is Nc1ncc(C(=O)NCCC2CCOC2)c2ccccc12. The van der Waals surface area contributed by atoms with Crippen molar-refractivity contribution < 1.29 is 9.53 Å². The Balaban J connectivity index is 1.71. The summed E-state index contributed by atoms with van der Waals surface area (Å²) in [6, 6.07) is 7.56. The highest BCUT2D eigenvalue weighted by Crippen LogP contribution is 2.22. The summed E-state index contributed by atoms with van der Waals surface area (Å²) in [6.07, 6.45) is 3.58. The third-order valence-corrected chi connectivity index (χ3v) is 3.93. The van der Waals surface area contributed by atoms with Crippen LogP contribution in [0.5, 0.6) is 0 Å². The molecule has 0 aliphatic carbocycles. The number of nitrogens with one attached hydrogen (secondary N) is 1. The van der Waals surface area contributed by atoms with Crippen LogP contribution in [0.4, 0.5) is 5.82 Å². The molecule has 1 amide bonds. The van der Waals surface area contributed by atoms with Crippen LogP contribution in [-0.4, -0.2) is 30.6 Å². The van der Waals surface area contributed by atoms with Gasteiger partial charge in [0.2, 0.25) is 0 Å². The van der Waals surface area contributed by atoms with Gasteiger partial charge in [-0.15, -0.1) is 0 Å². The minimum absolute atomic E-state index is 0.0994. The molecule has 1 aromatic carbocycles. The van der Waals surface area contributed by atoms with Crippen molar-refractivity contribution in [3.63, 3.8) is 0 Å². The lowest BCUT2D eigenvalue weighted by molar-refractivity contribution is 0.0952. The Bertz CT molecular complexity index is 651. The number of amides is 1. The van der Waals surface area contributed by atoms with Crippen LogP contribution in [0.2, 0.25) is 0 Å². The highest BCUT2D eigenvalue weighted by Gasteiger charge is 2.16. The molecule has 0 radical (unpaired) electrons. The van der Waals surface area contributed by atoms with E-state index in [-0.39, 0.29) is 5.91 Å². The molecule has 0 spiro atoms. The zero-order valence-electron chi connectivity index (χ0n) is 11.8. The first-order valence-electron chi connectivity index (χ1n) is 7.25. The number of hydrogen-bond acceptors (Lipinski definition) is 4. The number of benzene rings is 1. The number of carbonyl (C=O) groups is 1. The smallest absolute Gasteiger partial charge is 0.253 e. The molecular formula is C16H19N3O2. The van der Waals surface area contributed by atoms with Gasteiger partial charge in [0.25, 0.3) is 5.91 Å². The van der Waals surface area contributed by atoms with E-state index in [1.807, 2.05) is 24.3 Å². The van der Waals surface area contributed by atoms with Gasteiger partial charge >= 0.3 is 0 Å². The van der Waals surface area contributed by atoms with E-state index in [1.54, 1.807) is 6.20 Å². The predicted molar refractivity (Wildman–Crippen MR) is 82.0 cm³/mol. The fourth-order valence-electron chi connectivity index (χ4n) is 2.69. The Morgan fingerprint density at radius 2 is 2.19 bits per heavy atom. The maximum absolute atomic E-state index is 12.3. The molecular weight excluding hydrogens is 266 g/mol. The van der Waals surface area contributed by atoms with E-state index in [1.165, 1.54) is 0 Å². The van der Waals surface area contributed by atoms with Gasteiger partial charge in [0.15, 0.2) is 0 Å².